The highest BCUT2D eigenvalue weighted by Crippen LogP contribution is 2.38. The van der Waals surface area contributed by atoms with Crippen molar-refractivity contribution in [3.8, 4) is 0 Å². The minimum absolute atomic E-state index is 0.0652. The predicted octanol–water partition coefficient (Wildman–Crippen LogP) is 13.0. The molecular formula is C53H82NO8P. The van der Waals surface area contributed by atoms with Gasteiger partial charge in [0.05, 0.1) is 27.7 Å². The number of carbonyl (C=O) groups is 2. The van der Waals surface area contributed by atoms with Gasteiger partial charge in [0.2, 0.25) is 0 Å². The Labute approximate surface area is 383 Å². The van der Waals surface area contributed by atoms with E-state index >= 15 is 0 Å². The van der Waals surface area contributed by atoms with Gasteiger partial charge in [0.15, 0.2) is 6.10 Å². The second-order valence-corrected chi connectivity index (χ2v) is 17.1. The molecule has 0 fully saturated rings. The van der Waals surface area contributed by atoms with E-state index in [0.717, 1.165) is 77.0 Å². The summed E-state index contributed by atoms with van der Waals surface area (Å²) in [6.07, 6.45) is 63.4. The van der Waals surface area contributed by atoms with Gasteiger partial charge in [-0.2, -0.15) is 0 Å². The Hall–Kier alpha value is -4.11. The minimum Gasteiger partial charge on any atom is -0.756 e. The van der Waals surface area contributed by atoms with Crippen LogP contribution in [0.2, 0.25) is 0 Å². The summed E-state index contributed by atoms with van der Waals surface area (Å²) in [4.78, 5) is 37.5. The van der Waals surface area contributed by atoms with Gasteiger partial charge in [-0.05, 0) is 89.9 Å². The summed E-state index contributed by atoms with van der Waals surface area (Å²) in [5.41, 5.74) is 0. The Morgan fingerprint density at radius 2 is 0.841 bits per heavy atom. The average Bonchev–Trinajstić information content (AvgIpc) is 3.24. The minimum atomic E-state index is -4.68. The number of carbonyl (C=O) groups excluding carboxylic acids is 2. The third kappa shape index (κ3) is 47.2. The number of phosphoric ester groups is 1. The highest BCUT2D eigenvalue weighted by molar-refractivity contribution is 7.45. The maximum atomic E-state index is 12.7. The smallest absolute Gasteiger partial charge is 0.306 e. The van der Waals surface area contributed by atoms with E-state index in [0.29, 0.717) is 23.9 Å². The van der Waals surface area contributed by atoms with E-state index in [2.05, 4.69) is 135 Å². The molecule has 0 saturated carbocycles. The molecule has 352 valence electrons. The molecule has 0 aliphatic rings. The molecule has 2 atom stereocenters. The molecule has 9 nitrogen and oxygen atoms in total. The lowest BCUT2D eigenvalue weighted by atomic mass is 10.2. The molecule has 0 rings (SSSR count). The Bertz CT molecular complexity index is 1570. The Morgan fingerprint density at radius 3 is 1.21 bits per heavy atom. The van der Waals surface area contributed by atoms with Gasteiger partial charge in [-0.25, -0.2) is 0 Å². The fraction of sp³-hybridized carbons (Fsp3) is 0.509. The second-order valence-electron chi connectivity index (χ2n) is 15.7. The van der Waals surface area contributed by atoms with Crippen molar-refractivity contribution in [1.29, 1.82) is 0 Å². The van der Waals surface area contributed by atoms with Crippen molar-refractivity contribution < 1.29 is 42.1 Å². The summed E-state index contributed by atoms with van der Waals surface area (Å²) in [5, 5.41) is 0. The topological polar surface area (TPSA) is 111 Å². The molecule has 0 aliphatic carbocycles. The van der Waals surface area contributed by atoms with Crippen LogP contribution in [0.4, 0.5) is 0 Å². The fourth-order valence-electron chi connectivity index (χ4n) is 5.06. The summed E-state index contributed by atoms with van der Waals surface area (Å²) in [5.74, 6) is -1.05. The van der Waals surface area contributed by atoms with Crippen LogP contribution < -0.4 is 4.89 Å². The largest absolute Gasteiger partial charge is 0.756 e. The molecule has 0 aromatic rings. The SMILES string of the molecule is CC/C=C\C/C=C\C/C=C\C/C=C\C/C=C\C/C=C\CCC(=O)OC[C@H](COP(=O)([O-])OCC[N+](C)(C)C)OC(=O)CC/C=C\C/C=C\C/C=C\C/C=C\C/C=C\C/C=C\CCC. The summed E-state index contributed by atoms with van der Waals surface area (Å²) < 4.78 is 33.7. The zero-order valence-corrected chi connectivity index (χ0v) is 40.3. The van der Waals surface area contributed by atoms with E-state index in [1.165, 1.54) is 6.42 Å². The molecule has 0 radical (unpaired) electrons. The maximum Gasteiger partial charge on any atom is 0.306 e. The summed E-state index contributed by atoms with van der Waals surface area (Å²) >= 11 is 0. The van der Waals surface area contributed by atoms with E-state index in [4.69, 9.17) is 18.5 Å². The first-order valence-corrected chi connectivity index (χ1v) is 24.5. The lowest BCUT2D eigenvalue weighted by Crippen LogP contribution is -2.37. The van der Waals surface area contributed by atoms with Crippen molar-refractivity contribution in [2.24, 2.45) is 0 Å². The summed E-state index contributed by atoms with van der Waals surface area (Å²) in [6.45, 7) is 3.83. The molecule has 63 heavy (non-hydrogen) atoms. The van der Waals surface area contributed by atoms with Gasteiger partial charge in [0, 0.05) is 12.8 Å². The van der Waals surface area contributed by atoms with Crippen LogP contribution in [0.25, 0.3) is 0 Å². The first-order chi connectivity index (χ1) is 30.5. The summed E-state index contributed by atoms with van der Waals surface area (Å²) in [7, 11) is 1.05. The van der Waals surface area contributed by atoms with Gasteiger partial charge in [0.25, 0.3) is 7.82 Å². The molecule has 0 N–H and O–H groups in total. The van der Waals surface area contributed by atoms with Crippen molar-refractivity contribution in [3.63, 3.8) is 0 Å². The fourth-order valence-corrected chi connectivity index (χ4v) is 5.79. The van der Waals surface area contributed by atoms with E-state index in [-0.39, 0.29) is 26.1 Å². The first kappa shape index (κ1) is 58.9. The van der Waals surface area contributed by atoms with E-state index in [1.54, 1.807) is 0 Å². The number of hydrogen-bond acceptors (Lipinski definition) is 8. The number of esters is 2. The van der Waals surface area contributed by atoms with Gasteiger partial charge in [-0.15, -0.1) is 0 Å². The van der Waals surface area contributed by atoms with Crippen LogP contribution in [0.5, 0.6) is 0 Å². The lowest BCUT2D eigenvalue weighted by Gasteiger charge is -2.28. The highest BCUT2D eigenvalue weighted by Gasteiger charge is 2.21. The van der Waals surface area contributed by atoms with Gasteiger partial charge < -0.3 is 27.9 Å². The molecule has 1 unspecified atom stereocenters. The van der Waals surface area contributed by atoms with Gasteiger partial charge in [0.1, 0.15) is 19.8 Å². The van der Waals surface area contributed by atoms with Crippen LogP contribution in [0.1, 0.15) is 123 Å². The van der Waals surface area contributed by atoms with Crippen LogP contribution >= 0.6 is 7.82 Å². The van der Waals surface area contributed by atoms with E-state index in [9.17, 15) is 19.0 Å². The highest BCUT2D eigenvalue weighted by atomic mass is 31.2. The van der Waals surface area contributed by atoms with Crippen molar-refractivity contribution in [3.05, 3.63) is 146 Å². The standard InChI is InChI=1S/C53H82NO8P/c1-6-8-10-12-14-16-18-20-22-24-26-28-30-32-34-36-38-40-42-44-46-53(56)62-51(50-61-63(57,58)60-48-47-54(3,4)5)49-59-52(55)45-43-41-39-37-35-33-31-29-27-25-23-21-19-17-15-13-11-9-7-2/h9-12,15-18,21-24,27-30,33-36,39-42,51H,6-8,13-14,19-20,25-26,31-32,37-38,43-50H2,1-5H3/b11-9-,12-10-,17-15-,18-16-,23-21-,24-22-,29-27-,30-28-,35-33-,36-34-,41-39-,42-40-/t51-/m1/s1. The quantitative estimate of drug-likeness (QED) is 0.0260. The van der Waals surface area contributed by atoms with Crippen molar-refractivity contribution in [2.75, 3.05) is 47.5 Å². The third-order valence-corrected chi connectivity index (χ3v) is 9.57. The van der Waals surface area contributed by atoms with E-state index < -0.39 is 32.5 Å². The average molecular weight is 892 g/mol. The van der Waals surface area contributed by atoms with E-state index in [1.807, 2.05) is 45.4 Å². The zero-order chi connectivity index (χ0) is 46.4. The molecule has 0 aromatic carbocycles. The third-order valence-electron chi connectivity index (χ3n) is 8.60. The Morgan fingerprint density at radius 1 is 0.492 bits per heavy atom. The second kappa shape index (κ2) is 43.2. The van der Waals surface area contributed by atoms with Crippen LogP contribution in [0.3, 0.4) is 0 Å². The maximum absolute atomic E-state index is 12.7. The monoisotopic (exact) mass is 892 g/mol. The number of nitrogens with zero attached hydrogens (tertiary/aromatic N) is 1. The zero-order valence-electron chi connectivity index (χ0n) is 39.4. The Balaban J connectivity index is 4.62. The summed E-state index contributed by atoms with van der Waals surface area (Å²) in [6, 6.07) is 0. The first-order valence-electron chi connectivity index (χ1n) is 23.0. The number of ether oxygens (including phenoxy) is 2. The molecule has 10 heteroatoms. The normalized spacial score (nSPS) is 14.8. The number of allylic oxidation sites excluding steroid dienone is 24. The van der Waals surface area contributed by atoms with Gasteiger partial charge in [-0.1, -0.05) is 166 Å². The molecule has 0 aromatic heterocycles. The Kier molecular flexibility index (Phi) is 40.3. The van der Waals surface area contributed by atoms with Crippen LogP contribution in [0, 0.1) is 0 Å². The number of likely N-dealkylation sites (N-methyl/N-ethyl adjacent to an activating group) is 1. The molecule has 0 heterocycles. The molecule has 0 saturated heterocycles. The van der Waals surface area contributed by atoms with Crippen LogP contribution in [-0.4, -0.2) is 70.0 Å². The molecule has 0 aliphatic heterocycles. The van der Waals surface area contributed by atoms with Crippen molar-refractivity contribution in [1.82, 2.24) is 0 Å². The lowest BCUT2D eigenvalue weighted by molar-refractivity contribution is -0.870. The number of phosphoric acid groups is 1. The molecular weight excluding hydrogens is 810 g/mol. The van der Waals surface area contributed by atoms with Crippen LogP contribution in [0.15, 0.2) is 146 Å². The predicted molar refractivity (Wildman–Crippen MR) is 263 cm³/mol. The van der Waals surface area contributed by atoms with Gasteiger partial charge >= 0.3 is 11.9 Å². The number of quaternary nitrogens is 1. The molecule has 0 amide bonds. The van der Waals surface area contributed by atoms with Crippen molar-refractivity contribution >= 4 is 19.8 Å². The molecule has 0 spiro atoms. The van der Waals surface area contributed by atoms with Crippen LogP contribution in [-0.2, 0) is 32.7 Å². The number of unbranched alkanes of at least 4 members (excludes halogenated alkanes) is 1. The number of hydrogen-bond donors (Lipinski definition) is 0. The van der Waals surface area contributed by atoms with Gasteiger partial charge in [-0.3, -0.25) is 14.2 Å². The van der Waals surface area contributed by atoms with Crippen molar-refractivity contribution in [2.45, 2.75) is 129 Å². The number of rotatable bonds is 39. The molecule has 0 bridgehead atoms.